The average molecular weight is 278 g/mol. The molecule has 0 aromatic heterocycles. The lowest BCUT2D eigenvalue weighted by molar-refractivity contribution is -0.124. The summed E-state index contributed by atoms with van der Waals surface area (Å²) < 4.78 is 13.3. The van der Waals surface area contributed by atoms with E-state index in [1.54, 1.807) is 12.1 Å². The molecule has 0 spiro atoms. The van der Waals surface area contributed by atoms with Gasteiger partial charge in [-0.05, 0) is 49.3 Å². The van der Waals surface area contributed by atoms with E-state index >= 15 is 0 Å². The van der Waals surface area contributed by atoms with Crippen LogP contribution in [-0.4, -0.2) is 11.4 Å². The summed E-state index contributed by atoms with van der Waals surface area (Å²) in [5.74, 6) is 0.332. The lowest BCUT2D eigenvalue weighted by Crippen LogP contribution is -2.54. The van der Waals surface area contributed by atoms with Gasteiger partial charge >= 0.3 is 0 Å². The van der Waals surface area contributed by atoms with E-state index in [1.807, 2.05) is 0 Å². The molecule has 1 saturated carbocycles. The van der Waals surface area contributed by atoms with E-state index in [2.05, 4.69) is 19.2 Å². The largest absolute Gasteiger partial charge is 0.371 e. The van der Waals surface area contributed by atoms with Crippen molar-refractivity contribution in [2.24, 2.45) is 17.6 Å². The molecule has 4 heteroatoms. The van der Waals surface area contributed by atoms with Gasteiger partial charge in [-0.1, -0.05) is 26.3 Å². The molecule has 0 bridgehead atoms. The van der Waals surface area contributed by atoms with Gasteiger partial charge in [-0.25, -0.2) is 4.39 Å². The van der Waals surface area contributed by atoms with E-state index in [4.69, 9.17) is 5.73 Å². The first-order chi connectivity index (χ1) is 9.43. The van der Waals surface area contributed by atoms with Crippen LogP contribution in [0.4, 0.5) is 10.1 Å². The third-order valence-corrected chi connectivity index (χ3v) is 4.41. The second-order valence-electron chi connectivity index (χ2n) is 6.18. The number of benzene rings is 1. The zero-order valence-electron chi connectivity index (χ0n) is 12.2. The Morgan fingerprint density at radius 2 is 2.25 bits per heavy atom. The van der Waals surface area contributed by atoms with Crippen molar-refractivity contribution in [3.05, 3.63) is 30.1 Å². The topological polar surface area (TPSA) is 55.1 Å². The maximum Gasteiger partial charge on any atom is 0.243 e. The minimum absolute atomic E-state index is 0.314. The highest BCUT2D eigenvalue weighted by Crippen LogP contribution is 2.38. The Labute approximate surface area is 119 Å². The van der Waals surface area contributed by atoms with Crippen molar-refractivity contribution in [3.8, 4) is 0 Å². The molecule has 1 aromatic carbocycles. The Morgan fingerprint density at radius 3 is 2.85 bits per heavy atom. The van der Waals surface area contributed by atoms with E-state index in [-0.39, 0.29) is 11.7 Å². The highest BCUT2D eigenvalue weighted by atomic mass is 19.1. The number of halogens is 1. The summed E-state index contributed by atoms with van der Waals surface area (Å²) in [6.07, 6.45) is 3.52. The van der Waals surface area contributed by atoms with Crippen LogP contribution in [0.3, 0.4) is 0 Å². The Balaban J connectivity index is 2.23. The fourth-order valence-corrected chi connectivity index (χ4v) is 3.13. The number of nitrogens with one attached hydrogen (secondary N) is 1. The van der Waals surface area contributed by atoms with Gasteiger partial charge in [0.1, 0.15) is 11.4 Å². The Kier molecular flexibility index (Phi) is 4.31. The van der Waals surface area contributed by atoms with E-state index in [9.17, 15) is 9.18 Å². The van der Waals surface area contributed by atoms with Crippen LogP contribution >= 0.6 is 0 Å². The molecule has 3 nitrogen and oxygen atoms in total. The molecule has 1 amide bonds. The van der Waals surface area contributed by atoms with E-state index < -0.39 is 5.54 Å². The van der Waals surface area contributed by atoms with Crippen molar-refractivity contribution in [1.82, 2.24) is 0 Å². The molecule has 2 unspecified atom stereocenters. The molecule has 2 atom stereocenters. The van der Waals surface area contributed by atoms with Crippen LogP contribution in [-0.2, 0) is 4.79 Å². The predicted molar refractivity (Wildman–Crippen MR) is 78.7 cm³/mol. The lowest BCUT2D eigenvalue weighted by Gasteiger charge is -2.41. The molecule has 20 heavy (non-hydrogen) atoms. The van der Waals surface area contributed by atoms with Crippen LogP contribution in [0.1, 0.15) is 39.5 Å². The monoisotopic (exact) mass is 278 g/mol. The van der Waals surface area contributed by atoms with Gasteiger partial charge in [0.15, 0.2) is 0 Å². The van der Waals surface area contributed by atoms with Crippen molar-refractivity contribution in [2.45, 2.75) is 45.1 Å². The van der Waals surface area contributed by atoms with Gasteiger partial charge in [0, 0.05) is 5.69 Å². The number of primary amides is 1. The van der Waals surface area contributed by atoms with E-state index in [0.717, 1.165) is 19.3 Å². The molecule has 0 saturated heterocycles. The van der Waals surface area contributed by atoms with Crippen molar-refractivity contribution in [2.75, 3.05) is 5.32 Å². The van der Waals surface area contributed by atoms with Gasteiger partial charge in [-0.2, -0.15) is 0 Å². The van der Waals surface area contributed by atoms with Gasteiger partial charge < -0.3 is 11.1 Å². The summed E-state index contributed by atoms with van der Waals surface area (Å²) in [6, 6.07) is 6.20. The molecule has 1 aliphatic carbocycles. The number of hydrogen-bond acceptors (Lipinski definition) is 2. The number of amides is 1. The molecule has 1 fully saturated rings. The average Bonchev–Trinajstić information content (AvgIpc) is 2.38. The number of carbonyl (C=O) groups is 1. The van der Waals surface area contributed by atoms with Crippen molar-refractivity contribution < 1.29 is 9.18 Å². The molecule has 3 N–H and O–H groups in total. The predicted octanol–water partition coefficient (Wildman–Crippen LogP) is 3.31. The van der Waals surface area contributed by atoms with Crippen LogP contribution in [0, 0.1) is 17.7 Å². The molecule has 0 aliphatic heterocycles. The molecule has 2 rings (SSSR count). The highest BCUT2D eigenvalue weighted by Gasteiger charge is 2.42. The first-order valence-electron chi connectivity index (χ1n) is 7.26. The summed E-state index contributed by atoms with van der Waals surface area (Å²) >= 11 is 0. The summed E-state index contributed by atoms with van der Waals surface area (Å²) in [5, 5.41) is 3.20. The third kappa shape index (κ3) is 3.11. The van der Waals surface area contributed by atoms with Crippen molar-refractivity contribution in [1.29, 1.82) is 0 Å². The number of rotatable bonds is 4. The van der Waals surface area contributed by atoms with Crippen LogP contribution in [0.5, 0.6) is 0 Å². The quantitative estimate of drug-likeness (QED) is 0.887. The fraction of sp³-hybridized carbons (Fsp3) is 0.562. The van der Waals surface area contributed by atoms with Crippen LogP contribution in [0.2, 0.25) is 0 Å². The molecular formula is C16H23FN2O. The normalized spacial score (nSPS) is 26.5. The summed E-state index contributed by atoms with van der Waals surface area (Å²) in [7, 11) is 0. The summed E-state index contributed by atoms with van der Waals surface area (Å²) in [5.41, 5.74) is 5.52. The maximum absolute atomic E-state index is 13.3. The van der Waals surface area contributed by atoms with E-state index in [1.165, 1.54) is 12.1 Å². The SMILES string of the molecule is CC(C)C1CCCC(Nc2cccc(F)c2)(C(N)=O)C1. The number of hydrogen-bond donors (Lipinski definition) is 2. The Morgan fingerprint density at radius 1 is 1.50 bits per heavy atom. The highest BCUT2D eigenvalue weighted by molar-refractivity contribution is 5.88. The summed E-state index contributed by atoms with van der Waals surface area (Å²) in [4.78, 5) is 12.0. The lowest BCUT2D eigenvalue weighted by atomic mass is 9.71. The zero-order valence-corrected chi connectivity index (χ0v) is 12.2. The minimum Gasteiger partial charge on any atom is -0.371 e. The van der Waals surface area contributed by atoms with E-state index in [0.29, 0.717) is 23.9 Å². The fourth-order valence-electron chi connectivity index (χ4n) is 3.13. The number of anilines is 1. The first-order valence-corrected chi connectivity index (χ1v) is 7.26. The number of nitrogens with two attached hydrogens (primary N) is 1. The van der Waals surface area contributed by atoms with Crippen molar-refractivity contribution >= 4 is 11.6 Å². The molecule has 0 radical (unpaired) electrons. The van der Waals surface area contributed by atoms with Gasteiger partial charge in [0.25, 0.3) is 0 Å². The van der Waals surface area contributed by atoms with Gasteiger partial charge in [0.2, 0.25) is 5.91 Å². The molecule has 0 heterocycles. The Hall–Kier alpha value is -1.58. The smallest absolute Gasteiger partial charge is 0.243 e. The van der Waals surface area contributed by atoms with Gasteiger partial charge in [-0.15, -0.1) is 0 Å². The van der Waals surface area contributed by atoms with Crippen LogP contribution < -0.4 is 11.1 Å². The second kappa shape index (κ2) is 5.81. The minimum atomic E-state index is -0.749. The Bertz CT molecular complexity index is 489. The van der Waals surface area contributed by atoms with Gasteiger partial charge in [0.05, 0.1) is 0 Å². The molecule has 1 aromatic rings. The molecule has 110 valence electrons. The standard InChI is InChI=1S/C16H23FN2O/c1-11(2)12-5-4-8-16(10-12,15(18)20)19-14-7-3-6-13(17)9-14/h3,6-7,9,11-12,19H,4-5,8,10H2,1-2H3,(H2,18,20). The maximum atomic E-state index is 13.3. The first kappa shape index (κ1) is 14.8. The van der Waals surface area contributed by atoms with Gasteiger partial charge in [-0.3, -0.25) is 4.79 Å². The molecule has 1 aliphatic rings. The zero-order chi connectivity index (χ0) is 14.8. The second-order valence-corrected chi connectivity index (χ2v) is 6.18. The van der Waals surface area contributed by atoms with Crippen LogP contribution in [0.15, 0.2) is 24.3 Å². The third-order valence-electron chi connectivity index (χ3n) is 4.41. The van der Waals surface area contributed by atoms with Crippen LogP contribution in [0.25, 0.3) is 0 Å². The van der Waals surface area contributed by atoms with Crippen molar-refractivity contribution in [3.63, 3.8) is 0 Å². The molecular weight excluding hydrogens is 255 g/mol. The summed E-state index contributed by atoms with van der Waals surface area (Å²) in [6.45, 7) is 4.34. The number of carbonyl (C=O) groups excluding carboxylic acids is 1.